The van der Waals surface area contributed by atoms with Crippen molar-refractivity contribution in [3.63, 3.8) is 0 Å². The second-order valence-electron chi connectivity index (χ2n) is 7.53. The molecule has 2 aromatic heterocycles. The van der Waals surface area contributed by atoms with Crippen LogP contribution in [-0.4, -0.2) is 38.5 Å². The number of carbonyl (C=O) groups is 1. The van der Waals surface area contributed by atoms with E-state index in [0.29, 0.717) is 6.42 Å². The van der Waals surface area contributed by atoms with Crippen molar-refractivity contribution in [3.8, 4) is 0 Å². The molecule has 1 N–H and O–H groups in total. The van der Waals surface area contributed by atoms with Gasteiger partial charge in [0.2, 0.25) is 0 Å². The van der Waals surface area contributed by atoms with Crippen LogP contribution in [-0.2, 0) is 4.79 Å². The molecule has 0 aliphatic carbocycles. The van der Waals surface area contributed by atoms with Crippen LogP contribution in [0, 0.1) is 0 Å². The lowest BCUT2D eigenvalue weighted by Gasteiger charge is -2.31. The number of carboxylic acid groups (broad SMARTS) is 1. The average molecular weight is 383 g/mol. The first-order valence-electron chi connectivity index (χ1n) is 9.90. The van der Waals surface area contributed by atoms with Crippen LogP contribution in [0.3, 0.4) is 0 Å². The number of para-hydroxylation sites is 2. The van der Waals surface area contributed by atoms with Gasteiger partial charge in [0.25, 0.3) is 0 Å². The van der Waals surface area contributed by atoms with E-state index in [1.807, 2.05) is 60.8 Å². The lowest BCUT2D eigenvalue weighted by Crippen LogP contribution is -2.39. The van der Waals surface area contributed by atoms with Crippen LogP contribution in [0.1, 0.15) is 30.1 Å². The van der Waals surface area contributed by atoms with Crippen molar-refractivity contribution < 1.29 is 9.90 Å². The summed E-state index contributed by atoms with van der Waals surface area (Å²) in [5, 5.41) is 11.9. The number of aliphatic carboxylic acids is 1. The summed E-state index contributed by atoms with van der Waals surface area (Å²) in [7, 11) is 0. The van der Waals surface area contributed by atoms with Crippen LogP contribution < -0.4 is 0 Å². The molecular formula is C24H21N3O2. The maximum Gasteiger partial charge on any atom is 0.320 e. The highest BCUT2D eigenvalue weighted by Gasteiger charge is 2.37. The van der Waals surface area contributed by atoms with E-state index < -0.39 is 12.0 Å². The first kappa shape index (κ1) is 17.8. The number of fused-ring (bicyclic) bond motifs is 2. The molecule has 5 nitrogen and oxygen atoms in total. The van der Waals surface area contributed by atoms with Crippen molar-refractivity contribution in [2.24, 2.45) is 0 Å². The molecule has 0 amide bonds. The molecule has 5 heteroatoms. The molecule has 1 fully saturated rings. The van der Waals surface area contributed by atoms with E-state index >= 15 is 0 Å². The smallest absolute Gasteiger partial charge is 0.320 e. The molecule has 0 saturated carbocycles. The highest BCUT2D eigenvalue weighted by molar-refractivity contribution is 5.80. The van der Waals surface area contributed by atoms with Gasteiger partial charge in [-0.25, -0.2) is 0 Å². The number of pyridine rings is 2. The summed E-state index contributed by atoms with van der Waals surface area (Å²) in [5.41, 5.74) is 3.67. The number of rotatable bonds is 4. The number of hydrogen-bond donors (Lipinski definition) is 1. The zero-order valence-corrected chi connectivity index (χ0v) is 15.9. The molecule has 0 bridgehead atoms. The van der Waals surface area contributed by atoms with Crippen molar-refractivity contribution in [1.29, 1.82) is 0 Å². The van der Waals surface area contributed by atoms with Gasteiger partial charge in [0.05, 0.1) is 22.8 Å². The number of nitrogens with zero attached hydrogens (tertiary/aromatic N) is 3. The monoisotopic (exact) mass is 383 g/mol. The molecule has 144 valence electrons. The molecule has 3 heterocycles. The molecule has 0 spiro atoms. The fourth-order valence-corrected chi connectivity index (χ4v) is 4.37. The standard InChI is InChI=1S/C24H21N3O2/c28-24(29)22-10-5-13-27(22)23(18-14-17-7-2-3-8-19(17)25-15-18)21-12-11-16-6-1-4-9-20(16)26-21/h1-4,6-9,11-12,14-15,22-23H,5,10,13H2,(H,28,29). The summed E-state index contributed by atoms with van der Waals surface area (Å²) in [6, 6.07) is 21.4. The number of hydrogen-bond acceptors (Lipinski definition) is 4. The summed E-state index contributed by atoms with van der Waals surface area (Å²) >= 11 is 0. The Balaban J connectivity index is 1.68. The minimum Gasteiger partial charge on any atom is -0.480 e. The van der Waals surface area contributed by atoms with Gasteiger partial charge in [-0.15, -0.1) is 0 Å². The first-order valence-corrected chi connectivity index (χ1v) is 9.90. The highest BCUT2D eigenvalue weighted by Crippen LogP contribution is 2.35. The zero-order valence-electron chi connectivity index (χ0n) is 15.9. The first-order chi connectivity index (χ1) is 14.2. The van der Waals surface area contributed by atoms with Crippen LogP contribution in [0.2, 0.25) is 0 Å². The molecule has 1 aliphatic heterocycles. The molecule has 2 atom stereocenters. The average Bonchev–Trinajstić information content (AvgIpc) is 3.23. The molecular weight excluding hydrogens is 362 g/mol. The summed E-state index contributed by atoms with van der Waals surface area (Å²) in [6.45, 7) is 0.725. The normalized spacial score (nSPS) is 18.3. The van der Waals surface area contributed by atoms with E-state index in [1.165, 1.54) is 0 Å². The summed E-state index contributed by atoms with van der Waals surface area (Å²) in [5.74, 6) is -0.776. The maximum absolute atomic E-state index is 11.9. The summed E-state index contributed by atoms with van der Waals surface area (Å²) in [6.07, 6.45) is 3.38. The number of carboxylic acids is 1. The van der Waals surface area contributed by atoms with Crippen molar-refractivity contribution in [1.82, 2.24) is 14.9 Å². The molecule has 0 radical (unpaired) electrons. The Bertz CT molecular complexity index is 1130. The van der Waals surface area contributed by atoms with E-state index in [-0.39, 0.29) is 6.04 Å². The van der Waals surface area contributed by atoms with E-state index in [2.05, 4.69) is 22.0 Å². The van der Waals surface area contributed by atoms with Crippen molar-refractivity contribution in [2.45, 2.75) is 24.9 Å². The number of aromatic nitrogens is 2. The van der Waals surface area contributed by atoms with E-state index in [0.717, 1.165) is 46.0 Å². The van der Waals surface area contributed by atoms with Gasteiger partial charge in [0.15, 0.2) is 0 Å². The van der Waals surface area contributed by atoms with Crippen LogP contribution in [0.4, 0.5) is 0 Å². The number of benzene rings is 2. The van der Waals surface area contributed by atoms with Crippen LogP contribution in [0.15, 0.2) is 72.9 Å². The maximum atomic E-state index is 11.9. The molecule has 2 unspecified atom stereocenters. The van der Waals surface area contributed by atoms with Gasteiger partial charge in [-0.3, -0.25) is 19.7 Å². The third-order valence-corrected chi connectivity index (χ3v) is 5.74. The van der Waals surface area contributed by atoms with Gasteiger partial charge in [0, 0.05) is 23.5 Å². The van der Waals surface area contributed by atoms with E-state index in [4.69, 9.17) is 4.98 Å². The van der Waals surface area contributed by atoms with Gasteiger partial charge < -0.3 is 5.11 Å². The number of likely N-dealkylation sites (tertiary alicyclic amines) is 1. The second kappa shape index (κ2) is 7.26. The Morgan fingerprint density at radius 2 is 1.76 bits per heavy atom. The minimum atomic E-state index is -0.776. The predicted octanol–water partition coefficient (Wildman–Crippen LogP) is 4.42. The Morgan fingerprint density at radius 1 is 1.00 bits per heavy atom. The molecule has 1 aliphatic rings. The molecule has 5 rings (SSSR count). The van der Waals surface area contributed by atoms with Crippen LogP contribution >= 0.6 is 0 Å². The van der Waals surface area contributed by atoms with Gasteiger partial charge in [-0.2, -0.15) is 0 Å². The molecule has 2 aromatic carbocycles. The SMILES string of the molecule is O=C(O)C1CCCN1C(c1cnc2ccccc2c1)c1ccc2ccccc2n1. The third-order valence-electron chi connectivity index (χ3n) is 5.74. The molecule has 29 heavy (non-hydrogen) atoms. The van der Waals surface area contributed by atoms with Gasteiger partial charge in [0.1, 0.15) is 6.04 Å². The Hall–Kier alpha value is -3.31. The Morgan fingerprint density at radius 3 is 2.59 bits per heavy atom. The summed E-state index contributed by atoms with van der Waals surface area (Å²) in [4.78, 5) is 23.5. The van der Waals surface area contributed by atoms with E-state index in [1.54, 1.807) is 0 Å². The lowest BCUT2D eigenvalue weighted by atomic mass is 9.99. The van der Waals surface area contributed by atoms with Crippen molar-refractivity contribution in [2.75, 3.05) is 6.54 Å². The largest absolute Gasteiger partial charge is 0.480 e. The quantitative estimate of drug-likeness (QED) is 0.565. The van der Waals surface area contributed by atoms with Crippen molar-refractivity contribution in [3.05, 3.63) is 84.2 Å². The highest BCUT2D eigenvalue weighted by atomic mass is 16.4. The van der Waals surface area contributed by atoms with Gasteiger partial charge >= 0.3 is 5.97 Å². The summed E-state index contributed by atoms with van der Waals surface area (Å²) < 4.78 is 0. The van der Waals surface area contributed by atoms with Crippen LogP contribution in [0.25, 0.3) is 21.8 Å². The fourth-order valence-electron chi connectivity index (χ4n) is 4.37. The zero-order chi connectivity index (χ0) is 19.8. The second-order valence-corrected chi connectivity index (χ2v) is 7.53. The minimum absolute atomic E-state index is 0.250. The fraction of sp³-hybridized carbons (Fsp3) is 0.208. The topological polar surface area (TPSA) is 66.3 Å². The third kappa shape index (κ3) is 3.23. The molecule has 1 saturated heterocycles. The Labute approximate surface area is 168 Å². The van der Waals surface area contributed by atoms with Crippen molar-refractivity contribution >= 4 is 27.8 Å². The lowest BCUT2D eigenvalue weighted by molar-refractivity contribution is -0.142. The van der Waals surface area contributed by atoms with Gasteiger partial charge in [-0.05, 0) is 42.7 Å². The Kier molecular flexibility index (Phi) is 4.45. The molecule has 4 aromatic rings. The predicted molar refractivity (Wildman–Crippen MR) is 113 cm³/mol. The van der Waals surface area contributed by atoms with E-state index in [9.17, 15) is 9.90 Å². The van der Waals surface area contributed by atoms with Crippen LogP contribution in [0.5, 0.6) is 0 Å². The van der Waals surface area contributed by atoms with Gasteiger partial charge in [-0.1, -0.05) is 42.5 Å².